The van der Waals surface area contributed by atoms with E-state index in [-0.39, 0.29) is 0 Å². The molecule has 0 aromatic heterocycles. The molecular weight excluding hydrogens is 132 g/mol. The summed E-state index contributed by atoms with van der Waals surface area (Å²) in [5, 5.41) is 0. The van der Waals surface area contributed by atoms with Gasteiger partial charge in [-0.2, -0.15) is 0 Å². The minimum Gasteiger partial charge on any atom is -0.0651 e. The van der Waals surface area contributed by atoms with E-state index >= 15 is 0 Å². The van der Waals surface area contributed by atoms with Crippen LogP contribution < -0.4 is 0 Å². The summed E-state index contributed by atoms with van der Waals surface area (Å²) in [4.78, 5) is 0. The molecule has 0 N–H and O–H groups in total. The molecule has 11 heavy (non-hydrogen) atoms. The Balaban J connectivity index is 2.33. The molecule has 1 saturated carbocycles. The average Bonchev–Trinajstić information content (AvgIpc) is 2.28. The van der Waals surface area contributed by atoms with Gasteiger partial charge in [0.05, 0.1) is 0 Å². The first-order valence-corrected chi connectivity index (χ1v) is 5.36. The van der Waals surface area contributed by atoms with Crippen LogP contribution >= 0.6 is 0 Å². The van der Waals surface area contributed by atoms with Crippen LogP contribution in [0.4, 0.5) is 0 Å². The highest BCUT2D eigenvalue weighted by Crippen LogP contribution is 2.30. The van der Waals surface area contributed by atoms with Crippen LogP contribution in [-0.4, -0.2) is 0 Å². The van der Waals surface area contributed by atoms with Gasteiger partial charge >= 0.3 is 0 Å². The topological polar surface area (TPSA) is 0 Å². The van der Waals surface area contributed by atoms with Crippen molar-refractivity contribution in [2.24, 2.45) is 11.8 Å². The van der Waals surface area contributed by atoms with Gasteiger partial charge in [0.25, 0.3) is 0 Å². The molecular formula is C11H22. The lowest BCUT2D eigenvalue weighted by atomic mass is 9.90. The van der Waals surface area contributed by atoms with Crippen molar-refractivity contribution in [3.8, 4) is 0 Å². The molecule has 1 fully saturated rings. The van der Waals surface area contributed by atoms with Crippen molar-refractivity contribution in [2.75, 3.05) is 0 Å². The summed E-state index contributed by atoms with van der Waals surface area (Å²) in [5.41, 5.74) is 0. The molecule has 1 aliphatic rings. The molecule has 2 unspecified atom stereocenters. The van der Waals surface area contributed by atoms with Crippen LogP contribution in [0.1, 0.15) is 58.8 Å². The molecule has 0 nitrogen and oxygen atoms in total. The van der Waals surface area contributed by atoms with Gasteiger partial charge in [-0.3, -0.25) is 0 Å². The monoisotopic (exact) mass is 154 g/mol. The third kappa shape index (κ3) is 2.84. The van der Waals surface area contributed by atoms with Crippen molar-refractivity contribution >= 4 is 0 Å². The van der Waals surface area contributed by atoms with Gasteiger partial charge in [0, 0.05) is 0 Å². The molecule has 0 heterocycles. The maximum atomic E-state index is 2.35. The zero-order valence-corrected chi connectivity index (χ0v) is 8.10. The third-order valence-electron chi connectivity index (χ3n) is 3.30. The molecule has 0 bridgehead atoms. The summed E-state index contributed by atoms with van der Waals surface area (Å²) in [6.45, 7) is 4.70. The third-order valence-corrected chi connectivity index (χ3v) is 3.30. The summed E-state index contributed by atoms with van der Waals surface area (Å²) in [7, 11) is 0. The molecule has 0 radical (unpaired) electrons. The highest BCUT2D eigenvalue weighted by Gasteiger charge is 2.16. The number of hydrogen-bond donors (Lipinski definition) is 0. The Bertz CT molecular complexity index is 84.2. The fourth-order valence-corrected chi connectivity index (χ4v) is 2.31. The molecule has 0 aliphatic heterocycles. The van der Waals surface area contributed by atoms with Crippen molar-refractivity contribution < 1.29 is 0 Å². The molecule has 0 amide bonds. The summed E-state index contributed by atoms with van der Waals surface area (Å²) >= 11 is 0. The highest BCUT2D eigenvalue weighted by atomic mass is 14.2. The van der Waals surface area contributed by atoms with Crippen LogP contribution in [0.15, 0.2) is 0 Å². The van der Waals surface area contributed by atoms with Gasteiger partial charge in [-0.1, -0.05) is 52.4 Å². The van der Waals surface area contributed by atoms with Gasteiger partial charge in [0.1, 0.15) is 0 Å². The molecule has 1 aliphatic carbocycles. The Hall–Kier alpha value is 0. The van der Waals surface area contributed by atoms with E-state index in [0.717, 1.165) is 11.8 Å². The fraction of sp³-hybridized carbons (Fsp3) is 1.00. The minimum atomic E-state index is 1.06. The zero-order chi connectivity index (χ0) is 8.10. The van der Waals surface area contributed by atoms with E-state index in [1.54, 1.807) is 0 Å². The van der Waals surface area contributed by atoms with Crippen molar-refractivity contribution in [1.82, 2.24) is 0 Å². The quantitative estimate of drug-likeness (QED) is 0.527. The first-order valence-electron chi connectivity index (χ1n) is 5.36. The number of rotatable bonds is 2. The van der Waals surface area contributed by atoms with E-state index in [0.29, 0.717) is 0 Å². The van der Waals surface area contributed by atoms with Gasteiger partial charge < -0.3 is 0 Å². The normalized spacial score (nSPS) is 33.3. The molecule has 0 spiro atoms. The van der Waals surface area contributed by atoms with Gasteiger partial charge in [0.15, 0.2) is 0 Å². The minimum absolute atomic E-state index is 1.06. The van der Waals surface area contributed by atoms with Crippen molar-refractivity contribution in [3.05, 3.63) is 0 Å². The van der Waals surface area contributed by atoms with E-state index < -0.39 is 0 Å². The van der Waals surface area contributed by atoms with Gasteiger partial charge in [0.2, 0.25) is 0 Å². The lowest BCUT2D eigenvalue weighted by molar-refractivity contribution is 0.359. The summed E-state index contributed by atoms with van der Waals surface area (Å²) in [6, 6.07) is 0. The standard InChI is InChI=1S/C11H22/c1-3-10-7-5-6-8-11(4-2)9-10/h10-11H,3-9H2,1-2H3. The molecule has 0 heteroatoms. The lowest BCUT2D eigenvalue weighted by Crippen LogP contribution is -2.03. The second kappa shape index (κ2) is 4.79. The molecule has 0 saturated heterocycles. The Kier molecular flexibility index (Phi) is 3.96. The lowest BCUT2D eigenvalue weighted by Gasteiger charge is -2.16. The van der Waals surface area contributed by atoms with Gasteiger partial charge in [-0.25, -0.2) is 0 Å². The van der Waals surface area contributed by atoms with Crippen LogP contribution in [0.5, 0.6) is 0 Å². The van der Waals surface area contributed by atoms with Crippen LogP contribution in [0.2, 0.25) is 0 Å². The number of hydrogen-bond acceptors (Lipinski definition) is 0. The molecule has 0 aromatic carbocycles. The summed E-state index contributed by atoms with van der Waals surface area (Å²) in [5.74, 6) is 2.12. The zero-order valence-electron chi connectivity index (χ0n) is 8.10. The Labute approximate surface area is 71.4 Å². The smallest absolute Gasteiger partial charge is 0.0414 e. The largest absolute Gasteiger partial charge is 0.0651 e. The Morgan fingerprint density at radius 3 is 1.73 bits per heavy atom. The van der Waals surface area contributed by atoms with Crippen molar-refractivity contribution in [2.45, 2.75) is 58.8 Å². The van der Waals surface area contributed by atoms with Crippen LogP contribution in [-0.2, 0) is 0 Å². The van der Waals surface area contributed by atoms with E-state index in [9.17, 15) is 0 Å². The van der Waals surface area contributed by atoms with Crippen LogP contribution in [0, 0.1) is 11.8 Å². The summed E-state index contributed by atoms with van der Waals surface area (Å²) < 4.78 is 0. The van der Waals surface area contributed by atoms with Gasteiger partial charge in [-0.15, -0.1) is 0 Å². The Morgan fingerprint density at radius 1 is 0.909 bits per heavy atom. The molecule has 1 rings (SSSR count). The average molecular weight is 154 g/mol. The SMILES string of the molecule is CCC1CCCCC(CC)C1. The maximum Gasteiger partial charge on any atom is -0.0414 e. The summed E-state index contributed by atoms with van der Waals surface area (Å²) in [6.07, 6.45) is 10.4. The second-order valence-corrected chi connectivity index (χ2v) is 4.07. The molecule has 0 aromatic rings. The van der Waals surface area contributed by atoms with Gasteiger partial charge in [-0.05, 0) is 18.3 Å². The predicted octanol–water partition coefficient (Wildman–Crippen LogP) is 4.00. The van der Waals surface area contributed by atoms with E-state index in [2.05, 4.69) is 13.8 Å². The van der Waals surface area contributed by atoms with E-state index in [4.69, 9.17) is 0 Å². The van der Waals surface area contributed by atoms with Crippen molar-refractivity contribution in [1.29, 1.82) is 0 Å². The molecule has 66 valence electrons. The second-order valence-electron chi connectivity index (χ2n) is 4.07. The maximum absolute atomic E-state index is 2.35. The fourth-order valence-electron chi connectivity index (χ4n) is 2.31. The highest BCUT2D eigenvalue weighted by molar-refractivity contribution is 4.69. The van der Waals surface area contributed by atoms with Crippen LogP contribution in [0.25, 0.3) is 0 Å². The molecule has 2 atom stereocenters. The Morgan fingerprint density at radius 2 is 1.36 bits per heavy atom. The predicted molar refractivity (Wildman–Crippen MR) is 50.6 cm³/mol. The van der Waals surface area contributed by atoms with E-state index in [1.807, 2.05) is 0 Å². The van der Waals surface area contributed by atoms with Crippen LogP contribution in [0.3, 0.4) is 0 Å². The first kappa shape index (κ1) is 9.09. The van der Waals surface area contributed by atoms with Crippen molar-refractivity contribution in [3.63, 3.8) is 0 Å². The first-order chi connectivity index (χ1) is 5.36. The van der Waals surface area contributed by atoms with E-state index in [1.165, 1.54) is 44.9 Å².